The Morgan fingerprint density at radius 1 is 1.62 bits per heavy atom. The summed E-state index contributed by atoms with van der Waals surface area (Å²) in [6.07, 6.45) is 4.72. The van der Waals surface area contributed by atoms with Gasteiger partial charge in [0.1, 0.15) is 0 Å². The zero-order chi connectivity index (χ0) is 9.42. The van der Waals surface area contributed by atoms with E-state index in [2.05, 4.69) is 9.97 Å². The van der Waals surface area contributed by atoms with Crippen molar-refractivity contribution in [3.05, 3.63) is 34.4 Å². The SMILES string of the molecule is Cc1cn2ccnc([N+](=O)[O-])c2n1. The highest BCUT2D eigenvalue weighted by atomic mass is 16.6. The van der Waals surface area contributed by atoms with E-state index in [0.717, 1.165) is 5.69 Å². The maximum Gasteiger partial charge on any atom is 0.407 e. The first kappa shape index (κ1) is 7.66. The second-order valence-electron chi connectivity index (χ2n) is 2.62. The average molecular weight is 178 g/mol. The number of hydrogen-bond donors (Lipinski definition) is 0. The predicted octanol–water partition coefficient (Wildman–Crippen LogP) is 0.946. The van der Waals surface area contributed by atoms with Gasteiger partial charge in [-0.1, -0.05) is 0 Å². The molecule has 0 spiro atoms. The van der Waals surface area contributed by atoms with Crippen LogP contribution in [0.25, 0.3) is 5.65 Å². The molecule has 6 nitrogen and oxygen atoms in total. The van der Waals surface area contributed by atoms with Crippen LogP contribution >= 0.6 is 0 Å². The lowest BCUT2D eigenvalue weighted by molar-refractivity contribution is -0.388. The monoisotopic (exact) mass is 178 g/mol. The smallest absolute Gasteiger partial charge is 0.358 e. The molecule has 0 saturated heterocycles. The number of aryl methyl sites for hydroxylation is 1. The fourth-order valence-corrected chi connectivity index (χ4v) is 1.16. The Morgan fingerprint density at radius 2 is 2.38 bits per heavy atom. The lowest BCUT2D eigenvalue weighted by atomic mass is 10.6. The third-order valence-corrected chi connectivity index (χ3v) is 1.65. The van der Waals surface area contributed by atoms with E-state index >= 15 is 0 Å². The van der Waals surface area contributed by atoms with Crippen LogP contribution < -0.4 is 0 Å². The molecule has 6 heteroatoms. The Labute approximate surface area is 73.0 Å². The van der Waals surface area contributed by atoms with E-state index in [9.17, 15) is 10.1 Å². The summed E-state index contributed by atoms with van der Waals surface area (Å²) < 4.78 is 1.58. The topological polar surface area (TPSA) is 73.3 Å². The normalized spacial score (nSPS) is 10.5. The van der Waals surface area contributed by atoms with Crippen molar-refractivity contribution in [3.63, 3.8) is 0 Å². The first-order valence-electron chi connectivity index (χ1n) is 3.63. The molecule has 2 aromatic heterocycles. The number of aromatic nitrogens is 3. The molecule has 0 bridgehead atoms. The molecular weight excluding hydrogens is 172 g/mol. The van der Waals surface area contributed by atoms with E-state index in [0.29, 0.717) is 0 Å². The van der Waals surface area contributed by atoms with Crippen LogP contribution in [0.5, 0.6) is 0 Å². The molecular formula is C7H6N4O2. The van der Waals surface area contributed by atoms with Gasteiger partial charge in [0.2, 0.25) is 5.65 Å². The van der Waals surface area contributed by atoms with Gasteiger partial charge in [0.15, 0.2) is 6.20 Å². The Balaban J connectivity index is 2.82. The Bertz CT molecular complexity index is 476. The summed E-state index contributed by atoms with van der Waals surface area (Å²) in [6, 6.07) is 0. The van der Waals surface area contributed by atoms with Crippen molar-refractivity contribution in [1.82, 2.24) is 14.4 Å². The molecule has 0 aromatic carbocycles. The van der Waals surface area contributed by atoms with Crippen molar-refractivity contribution >= 4 is 11.5 Å². The molecule has 0 fully saturated rings. The summed E-state index contributed by atoms with van der Waals surface area (Å²) >= 11 is 0. The number of hydrogen-bond acceptors (Lipinski definition) is 4. The van der Waals surface area contributed by atoms with E-state index in [4.69, 9.17) is 0 Å². The molecule has 0 N–H and O–H groups in total. The van der Waals surface area contributed by atoms with Crippen LogP contribution in [0.4, 0.5) is 5.82 Å². The lowest BCUT2D eigenvalue weighted by Crippen LogP contribution is -1.96. The number of fused-ring (bicyclic) bond motifs is 1. The summed E-state index contributed by atoms with van der Waals surface area (Å²) in [4.78, 5) is 17.6. The minimum atomic E-state index is -0.540. The fourth-order valence-electron chi connectivity index (χ4n) is 1.16. The molecule has 0 aliphatic rings. The number of nitrogens with zero attached hydrogens (tertiary/aromatic N) is 4. The van der Waals surface area contributed by atoms with Gasteiger partial charge in [-0.05, 0) is 16.8 Å². The lowest BCUT2D eigenvalue weighted by Gasteiger charge is -1.92. The van der Waals surface area contributed by atoms with Gasteiger partial charge in [0.25, 0.3) is 0 Å². The number of imidazole rings is 1. The van der Waals surface area contributed by atoms with Gasteiger partial charge in [-0.2, -0.15) is 0 Å². The molecule has 2 aromatic rings. The predicted molar refractivity (Wildman–Crippen MR) is 44.4 cm³/mol. The van der Waals surface area contributed by atoms with Gasteiger partial charge in [0.05, 0.1) is 11.9 Å². The van der Waals surface area contributed by atoms with Crippen molar-refractivity contribution in [3.8, 4) is 0 Å². The minimum absolute atomic E-state index is 0.212. The second-order valence-corrected chi connectivity index (χ2v) is 2.62. The van der Waals surface area contributed by atoms with Gasteiger partial charge in [0, 0.05) is 6.20 Å². The molecule has 0 saturated carbocycles. The maximum absolute atomic E-state index is 10.5. The van der Waals surface area contributed by atoms with Crippen LogP contribution in [-0.4, -0.2) is 19.3 Å². The summed E-state index contributed by atoms with van der Waals surface area (Å²) in [6.45, 7) is 1.77. The Morgan fingerprint density at radius 3 is 3.08 bits per heavy atom. The third kappa shape index (κ3) is 1.12. The number of rotatable bonds is 1. The van der Waals surface area contributed by atoms with E-state index in [1.807, 2.05) is 0 Å². The highest BCUT2D eigenvalue weighted by Crippen LogP contribution is 2.14. The van der Waals surface area contributed by atoms with Crippen LogP contribution in [-0.2, 0) is 0 Å². The van der Waals surface area contributed by atoms with Crippen LogP contribution in [0.2, 0.25) is 0 Å². The molecule has 0 aliphatic heterocycles. The van der Waals surface area contributed by atoms with E-state index < -0.39 is 4.92 Å². The highest BCUT2D eigenvalue weighted by molar-refractivity contribution is 5.54. The molecule has 66 valence electrons. The first-order valence-corrected chi connectivity index (χ1v) is 3.63. The molecule has 2 heterocycles. The summed E-state index contributed by atoms with van der Waals surface area (Å²) in [5, 5.41) is 10.5. The van der Waals surface area contributed by atoms with Gasteiger partial charge >= 0.3 is 5.82 Å². The van der Waals surface area contributed by atoms with E-state index in [1.165, 1.54) is 6.20 Å². The molecule has 0 aliphatic carbocycles. The van der Waals surface area contributed by atoms with Crippen molar-refractivity contribution < 1.29 is 4.92 Å². The summed E-state index contributed by atoms with van der Waals surface area (Å²) in [5.74, 6) is -0.212. The van der Waals surface area contributed by atoms with E-state index in [-0.39, 0.29) is 11.5 Å². The quantitative estimate of drug-likeness (QED) is 0.481. The summed E-state index contributed by atoms with van der Waals surface area (Å²) in [7, 11) is 0. The fraction of sp³-hybridized carbons (Fsp3) is 0.143. The van der Waals surface area contributed by atoms with Crippen molar-refractivity contribution in [1.29, 1.82) is 0 Å². The van der Waals surface area contributed by atoms with Gasteiger partial charge in [-0.15, -0.1) is 0 Å². The summed E-state index contributed by atoms with van der Waals surface area (Å²) in [5.41, 5.74) is 1.01. The standard InChI is InChI=1S/C7H6N4O2/c1-5-4-10-3-2-8-6(11(12)13)7(10)9-5/h2-4H,1H3. The van der Waals surface area contributed by atoms with Crippen LogP contribution in [0, 0.1) is 17.0 Å². The van der Waals surface area contributed by atoms with Gasteiger partial charge in [-0.3, -0.25) is 4.40 Å². The zero-order valence-electron chi connectivity index (χ0n) is 6.84. The van der Waals surface area contributed by atoms with Crippen molar-refractivity contribution in [2.45, 2.75) is 6.92 Å². The Kier molecular flexibility index (Phi) is 1.48. The molecule has 0 unspecified atom stereocenters. The molecule has 0 amide bonds. The zero-order valence-corrected chi connectivity index (χ0v) is 6.84. The third-order valence-electron chi connectivity index (χ3n) is 1.65. The largest absolute Gasteiger partial charge is 0.407 e. The molecule has 0 radical (unpaired) electrons. The number of nitro groups is 1. The molecule has 2 rings (SSSR count). The highest BCUT2D eigenvalue weighted by Gasteiger charge is 2.14. The van der Waals surface area contributed by atoms with Crippen LogP contribution in [0.1, 0.15) is 5.69 Å². The maximum atomic E-state index is 10.5. The Hall–Kier alpha value is -1.98. The minimum Gasteiger partial charge on any atom is -0.358 e. The molecule has 0 atom stereocenters. The van der Waals surface area contributed by atoms with Crippen molar-refractivity contribution in [2.24, 2.45) is 0 Å². The van der Waals surface area contributed by atoms with Crippen molar-refractivity contribution in [2.75, 3.05) is 0 Å². The van der Waals surface area contributed by atoms with Crippen LogP contribution in [0.15, 0.2) is 18.6 Å². The first-order chi connectivity index (χ1) is 6.18. The average Bonchev–Trinajstić information content (AvgIpc) is 2.43. The van der Waals surface area contributed by atoms with Crippen LogP contribution in [0.3, 0.4) is 0 Å². The van der Waals surface area contributed by atoms with Gasteiger partial charge < -0.3 is 10.1 Å². The second kappa shape index (κ2) is 2.51. The molecule has 13 heavy (non-hydrogen) atoms. The van der Waals surface area contributed by atoms with E-state index in [1.54, 1.807) is 23.7 Å². The van der Waals surface area contributed by atoms with Gasteiger partial charge in [-0.25, -0.2) is 4.98 Å².